The maximum atomic E-state index is 12.5. The summed E-state index contributed by atoms with van der Waals surface area (Å²) in [5.41, 5.74) is 6.27. The van der Waals surface area contributed by atoms with Crippen molar-refractivity contribution in [2.75, 3.05) is 11.6 Å². The lowest BCUT2D eigenvalue weighted by Gasteiger charge is -2.19. The van der Waals surface area contributed by atoms with Gasteiger partial charge in [-0.1, -0.05) is 45.0 Å². The molecule has 0 saturated heterocycles. The minimum atomic E-state index is -0.322. The highest BCUT2D eigenvalue weighted by Crippen LogP contribution is 2.22. The standard InChI is InChI=1S/C26H27N3O2S/c1-26(2,3)21-11-7-19(8-12-21)24(30)28-22-13-9-20(10-14-22)25(31)29-27-17-18-5-15-23(32-4)16-6-18/h5-17H,1-4H3,(H,28,30)(H,29,31)/b27-17+. The van der Waals surface area contributed by atoms with Crippen molar-refractivity contribution in [3.63, 3.8) is 0 Å². The minimum Gasteiger partial charge on any atom is -0.322 e. The predicted molar refractivity (Wildman–Crippen MR) is 133 cm³/mol. The summed E-state index contributed by atoms with van der Waals surface area (Å²) in [5, 5.41) is 6.86. The summed E-state index contributed by atoms with van der Waals surface area (Å²) in [4.78, 5) is 26.0. The quantitative estimate of drug-likeness (QED) is 0.289. The summed E-state index contributed by atoms with van der Waals surface area (Å²) in [6.07, 6.45) is 3.62. The number of nitrogens with zero attached hydrogens (tertiary/aromatic N) is 1. The zero-order valence-electron chi connectivity index (χ0n) is 18.7. The van der Waals surface area contributed by atoms with Gasteiger partial charge in [0.15, 0.2) is 0 Å². The van der Waals surface area contributed by atoms with Gasteiger partial charge in [0.1, 0.15) is 0 Å². The fraction of sp³-hybridized carbons (Fsp3) is 0.192. The Labute approximate surface area is 193 Å². The molecule has 0 aliphatic heterocycles. The monoisotopic (exact) mass is 445 g/mol. The fourth-order valence-electron chi connectivity index (χ4n) is 2.95. The van der Waals surface area contributed by atoms with Crippen LogP contribution in [0.15, 0.2) is 82.8 Å². The topological polar surface area (TPSA) is 70.6 Å². The summed E-state index contributed by atoms with van der Waals surface area (Å²) in [6, 6.07) is 22.2. The van der Waals surface area contributed by atoms with Crippen LogP contribution in [0.2, 0.25) is 0 Å². The molecular formula is C26H27N3O2S. The lowest BCUT2D eigenvalue weighted by molar-refractivity contribution is 0.0954. The van der Waals surface area contributed by atoms with Crippen molar-refractivity contribution < 1.29 is 9.59 Å². The van der Waals surface area contributed by atoms with Gasteiger partial charge >= 0.3 is 0 Å². The Morgan fingerprint density at radius 1 is 0.812 bits per heavy atom. The van der Waals surface area contributed by atoms with Crippen LogP contribution in [0, 0.1) is 0 Å². The molecule has 0 heterocycles. The molecule has 0 spiro atoms. The molecule has 3 aromatic rings. The van der Waals surface area contributed by atoms with Gasteiger partial charge < -0.3 is 5.32 Å². The van der Waals surface area contributed by atoms with Gasteiger partial charge in [-0.15, -0.1) is 11.8 Å². The van der Waals surface area contributed by atoms with Crippen molar-refractivity contribution in [1.82, 2.24) is 5.43 Å². The molecule has 32 heavy (non-hydrogen) atoms. The SMILES string of the molecule is CSc1ccc(/C=N/NC(=O)c2ccc(NC(=O)c3ccc(C(C)(C)C)cc3)cc2)cc1. The molecule has 0 radical (unpaired) electrons. The van der Waals surface area contributed by atoms with Crippen LogP contribution in [0.3, 0.4) is 0 Å². The zero-order valence-corrected chi connectivity index (χ0v) is 19.5. The molecule has 2 amide bonds. The summed E-state index contributed by atoms with van der Waals surface area (Å²) in [7, 11) is 0. The van der Waals surface area contributed by atoms with Crippen molar-refractivity contribution in [3.8, 4) is 0 Å². The van der Waals surface area contributed by atoms with Gasteiger partial charge in [0, 0.05) is 21.7 Å². The normalized spacial score (nSPS) is 11.4. The first-order valence-corrected chi connectivity index (χ1v) is 11.5. The second-order valence-electron chi connectivity index (χ2n) is 8.33. The Bertz CT molecular complexity index is 1100. The summed E-state index contributed by atoms with van der Waals surface area (Å²) < 4.78 is 0. The van der Waals surface area contributed by atoms with Crippen LogP contribution >= 0.6 is 11.8 Å². The third-order valence-corrected chi connectivity index (χ3v) is 5.66. The first kappa shape index (κ1) is 23.3. The van der Waals surface area contributed by atoms with Crippen molar-refractivity contribution in [2.24, 2.45) is 5.10 Å². The number of amides is 2. The smallest absolute Gasteiger partial charge is 0.271 e. The molecule has 3 aromatic carbocycles. The fourth-order valence-corrected chi connectivity index (χ4v) is 3.36. The molecule has 0 aliphatic rings. The molecule has 0 aromatic heterocycles. The Hall–Kier alpha value is -3.38. The van der Waals surface area contributed by atoms with Crippen LogP contribution in [0.25, 0.3) is 0 Å². The number of nitrogens with one attached hydrogen (secondary N) is 2. The van der Waals surface area contributed by atoms with E-state index >= 15 is 0 Å². The number of hydrogen-bond donors (Lipinski definition) is 2. The zero-order chi connectivity index (χ0) is 23.1. The first-order valence-electron chi connectivity index (χ1n) is 10.3. The Morgan fingerprint density at radius 2 is 1.38 bits per heavy atom. The number of hydrogen-bond acceptors (Lipinski definition) is 4. The van der Waals surface area contributed by atoms with E-state index in [4.69, 9.17) is 0 Å². The highest BCUT2D eigenvalue weighted by molar-refractivity contribution is 7.98. The molecule has 0 aliphatic carbocycles. The molecule has 3 rings (SSSR count). The van der Waals surface area contributed by atoms with Gasteiger partial charge in [-0.2, -0.15) is 5.10 Å². The Morgan fingerprint density at radius 3 is 1.94 bits per heavy atom. The maximum absolute atomic E-state index is 12.5. The van der Waals surface area contributed by atoms with Gasteiger partial charge in [0.25, 0.3) is 11.8 Å². The molecule has 5 nitrogen and oxygen atoms in total. The molecule has 6 heteroatoms. The van der Waals surface area contributed by atoms with Gasteiger partial charge in [-0.3, -0.25) is 9.59 Å². The van der Waals surface area contributed by atoms with Crippen molar-refractivity contribution in [2.45, 2.75) is 31.1 Å². The number of hydrazone groups is 1. The lowest BCUT2D eigenvalue weighted by atomic mass is 9.87. The van der Waals surface area contributed by atoms with Gasteiger partial charge in [0.05, 0.1) is 6.21 Å². The molecule has 0 saturated carbocycles. The second kappa shape index (κ2) is 10.3. The molecular weight excluding hydrogens is 418 g/mol. The highest BCUT2D eigenvalue weighted by Gasteiger charge is 2.14. The predicted octanol–water partition coefficient (Wildman–Crippen LogP) is 5.72. The van der Waals surface area contributed by atoms with E-state index in [0.717, 1.165) is 5.56 Å². The van der Waals surface area contributed by atoms with E-state index in [0.29, 0.717) is 16.8 Å². The minimum absolute atomic E-state index is 0.0360. The molecule has 0 bridgehead atoms. The molecule has 2 N–H and O–H groups in total. The van der Waals surface area contributed by atoms with Crippen LogP contribution in [-0.4, -0.2) is 24.3 Å². The molecule has 0 fully saturated rings. The number of carbonyl (C=O) groups is 2. The number of carbonyl (C=O) groups excluding carboxylic acids is 2. The highest BCUT2D eigenvalue weighted by atomic mass is 32.2. The van der Waals surface area contributed by atoms with E-state index in [2.05, 4.69) is 36.6 Å². The van der Waals surface area contributed by atoms with E-state index in [1.54, 1.807) is 42.2 Å². The van der Waals surface area contributed by atoms with Crippen molar-refractivity contribution >= 4 is 35.5 Å². The largest absolute Gasteiger partial charge is 0.322 e. The second-order valence-corrected chi connectivity index (χ2v) is 9.21. The third kappa shape index (κ3) is 6.31. The summed E-state index contributed by atoms with van der Waals surface area (Å²) in [5.74, 6) is -0.516. The van der Waals surface area contributed by atoms with Crippen molar-refractivity contribution in [1.29, 1.82) is 0 Å². The number of anilines is 1. The summed E-state index contributed by atoms with van der Waals surface area (Å²) in [6.45, 7) is 6.40. The maximum Gasteiger partial charge on any atom is 0.271 e. The molecule has 0 atom stereocenters. The number of rotatable bonds is 6. The van der Waals surface area contributed by atoms with Crippen LogP contribution in [0.1, 0.15) is 52.6 Å². The van der Waals surface area contributed by atoms with Gasteiger partial charge in [-0.25, -0.2) is 5.43 Å². The van der Waals surface area contributed by atoms with E-state index in [1.165, 1.54) is 10.5 Å². The van der Waals surface area contributed by atoms with Gasteiger partial charge in [-0.05, 0) is 71.3 Å². The van der Waals surface area contributed by atoms with E-state index in [1.807, 2.05) is 54.8 Å². The van der Waals surface area contributed by atoms with Crippen molar-refractivity contribution in [3.05, 3.63) is 95.1 Å². The van der Waals surface area contributed by atoms with E-state index in [9.17, 15) is 9.59 Å². The number of thioether (sulfide) groups is 1. The van der Waals surface area contributed by atoms with Crippen LogP contribution in [0.5, 0.6) is 0 Å². The van der Waals surface area contributed by atoms with Crippen LogP contribution in [0.4, 0.5) is 5.69 Å². The third-order valence-electron chi connectivity index (χ3n) is 4.91. The average Bonchev–Trinajstić information content (AvgIpc) is 2.79. The van der Waals surface area contributed by atoms with Crippen LogP contribution in [-0.2, 0) is 5.41 Å². The first-order chi connectivity index (χ1) is 15.3. The van der Waals surface area contributed by atoms with Crippen LogP contribution < -0.4 is 10.7 Å². The number of benzene rings is 3. The average molecular weight is 446 g/mol. The van der Waals surface area contributed by atoms with E-state index in [-0.39, 0.29) is 17.2 Å². The summed E-state index contributed by atoms with van der Waals surface area (Å²) >= 11 is 1.67. The lowest BCUT2D eigenvalue weighted by Crippen LogP contribution is -2.18. The molecule has 0 unspecified atom stereocenters. The van der Waals surface area contributed by atoms with E-state index < -0.39 is 0 Å². The Balaban J connectivity index is 1.56. The Kier molecular flexibility index (Phi) is 7.49. The van der Waals surface area contributed by atoms with Gasteiger partial charge in [0.2, 0.25) is 0 Å². The molecule has 164 valence electrons.